The van der Waals surface area contributed by atoms with Crippen LogP contribution in [0.4, 0.5) is 0 Å². The lowest BCUT2D eigenvalue weighted by atomic mass is 9.86. The molecule has 2 aromatic heterocycles. The van der Waals surface area contributed by atoms with Crippen LogP contribution in [0.1, 0.15) is 33.3 Å². The molecule has 0 amide bonds. The topological polar surface area (TPSA) is 37.8 Å². The van der Waals surface area contributed by atoms with Gasteiger partial charge in [0.15, 0.2) is 0 Å². The number of benzene rings is 1. The van der Waals surface area contributed by atoms with Crippen LogP contribution >= 0.6 is 0 Å². The third-order valence-electron chi connectivity index (χ3n) is 4.40. The van der Waals surface area contributed by atoms with E-state index in [1.54, 1.807) is 4.57 Å². The first-order chi connectivity index (χ1) is 11.4. The highest BCUT2D eigenvalue weighted by Gasteiger charge is 2.15. The van der Waals surface area contributed by atoms with Crippen molar-refractivity contribution in [2.75, 3.05) is 0 Å². The van der Waals surface area contributed by atoms with Gasteiger partial charge in [-0.2, -0.15) is 0 Å². The van der Waals surface area contributed by atoms with Crippen LogP contribution < -0.4 is 5.56 Å². The van der Waals surface area contributed by atoms with E-state index in [1.807, 2.05) is 37.5 Å². The molecule has 0 saturated heterocycles. The van der Waals surface area contributed by atoms with E-state index in [9.17, 15) is 4.79 Å². The molecular weight excluding hydrogens is 296 g/mol. The Hall–Kier alpha value is -2.55. The van der Waals surface area contributed by atoms with Crippen LogP contribution in [0.25, 0.3) is 22.0 Å². The average Bonchev–Trinajstić information content (AvgIpc) is 3.04. The van der Waals surface area contributed by atoms with Gasteiger partial charge in [0, 0.05) is 29.9 Å². The maximum Gasteiger partial charge on any atom is 0.275 e. The summed E-state index contributed by atoms with van der Waals surface area (Å²) in [6, 6.07) is 10.6. The van der Waals surface area contributed by atoms with Crippen molar-refractivity contribution in [1.29, 1.82) is 0 Å². The van der Waals surface area contributed by atoms with Crippen molar-refractivity contribution in [1.82, 2.24) is 9.55 Å². The molecule has 0 atom stereocenters. The van der Waals surface area contributed by atoms with Crippen molar-refractivity contribution in [3.8, 4) is 11.1 Å². The lowest BCUT2D eigenvalue weighted by Gasteiger charge is -2.19. The van der Waals surface area contributed by atoms with Crippen molar-refractivity contribution in [2.24, 2.45) is 0 Å². The molecular formula is C21H24N2O. The number of nitrogens with one attached hydrogen (secondary N) is 1. The van der Waals surface area contributed by atoms with Gasteiger partial charge in [-0.15, -0.1) is 0 Å². The van der Waals surface area contributed by atoms with Crippen LogP contribution in [-0.4, -0.2) is 9.55 Å². The Bertz CT molecular complexity index is 935. The summed E-state index contributed by atoms with van der Waals surface area (Å²) in [5, 5.41) is 0.972. The molecule has 3 rings (SSSR count). The van der Waals surface area contributed by atoms with Gasteiger partial charge in [0.25, 0.3) is 5.56 Å². The predicted molar refractivity (Wildman–Crippen MR) is 102 cm³/mol. The Morgan fingerprint density at radius 1 is 1.12 bits per heavy atom. The SMILES string of the molecule is CC=CCn1cc(-c2ccc(C(C)(C)C)cc2)c2cc[nH]c2c1=O. The molecule has 24 heavy (non-hydrogen) atoms. The fourth-order valence-electron chi connectivity index (χ4n) is 2.93. The van der Waals surface area contributed by atoms with Crippen LogP contribution in [-0.2, 0) is 12.0 Å². The standard InChI is InChI=1S/C21H24N2O/c1-5-6-13-23-14-18(17-11-12-22-19(17)20(23)24)15-7-9-16(10-8-15)21(2,3)4/h5-12,14,22H,13H2,1-4H3. The van der Waals surface area contributed by atoms with Crippen LogP contribution in [0.2, 0.25) is 0 Å². The molecule has 124 valence electrons. The molecule has 3 nitrogen and oxygen atoms in total. The molecule has 1 N–H and O–H groups in total. The van der Waals surface area contributed by atoms with Crippen molar-refractivity contribution in [3.05, 3.63) is 70.8 Å². The van der Waals surface area contributed by atoms with Gasteiger partial charge >= 0.3 is 0 Å². The number of aromatic nitrogens is 2. The molecule has 0 bridgehead atoms. The highest BCUT2D eigenvalue weighted by Crippen LogP contribution is 2.29. The number of H-pyrrole nitrogens is 1. The lowest BCUT2D eigenvalue weighted by molar-refractivity contribution is 0.590. The molecule has 3 heteroatoms. The zero-order chi connectivity index (χ0) is 17.3. The van der Waals surface area contributed by atoms with Crippen LogP contribution in [0.15, 0.2) is 59.7 Å². The number of fused-ring (bicyclic) bond motifs is 1. The maximum absolute atomic E-state index is 12.6. The van der Waals surface area contributed by atoms with Crippen LogP contribution in [0, 0.1) is 0 Å². The fourth-order valence-corrected chi connectivity index (χ4v) is 2.93. The highest BCUT2D eigenvalue weighted by molar-refractivity contribution is 5.94. The maximum atomic E-state index is 12.6. The number of rotatable bonds is 3. The zero-order valence-electron chi connectivity index (χ0n) is 14.8. The number of hydrogen-bond acceptors (Lipinski definition) is 1. The smallest absolute Gasteiger partial charge is 0.275 e. The molecule has 0 aliphatic heterocycles. The van der Waals surface area contributed by atoms with Gasteiger partial charge in [-0.1, -0.05) is 57.2 Å². The number of allylic oxidation sites excluding steroid dienone is 2. The summed E-state index contributed by atoms with van der Waals surface area (Å²) in [4.78, 5) is 15.7. The summed E-state index contributed by atoms with van der Waals surface area (Å²) in [7, 11) is 0. The number of pyridine rings is 1. The molecule has 0 aliphatic carbocycles. The normalized spacial score (nSPS) is 12.3. The van der Waals surface area contributed by atoms with E-state index in [0.29, 0.717) is 12.1 Å². The predicted octanol–water partition coefficient (Wildman–Crippen LogP) is 4.87. The summed E-state index contributed by atoms with van der Waals surface area (Å²) < 4.78 is 1.76. The zero-order valence-corrected chi connectivity index (χ0v) is 14.8. The van der Waals surface area contributed by atoms with Crippen LogP contribution in [0.3, 0.4) is 0 Å². The minimum atomic E-state index is 0.0168. The van der Waals surface area contributed by atoms with E-state index in [4.69, 9.17) is 0 Å². The van der Waals surface area contributed by atoms with Gasteiger partial charge in [-0.25, -0.2) is 0 Å². The van der Waals surface area contributed by atoms with E-state index in [2.05, 4.69) is 50.0 Å². The molecule has 0 spiro atoms. The van der Waals surface area contributed by atoms with Crippen molar-refractivity contribution < 1.29 is 0 Å². The van der Waals surface area contributed by atoms with E-state index in [-0.39, 0.29) is 11.0 Å². The van der Waals surface area contributed by atoms with Gasteiger partial charge in [0.05, 0.1) is 0 Å². The molecule has 0 saturated carbocycles. The molecule has 3 aromatic rings. The Morgan fingerprint density at radius 3 is 2.46 bits per heavy atom. The summed E-state index contributed by atoms with van der Waals surface area (Å²) in [5.74, 6) is 0. The molecule has 0 fully saturated rings. The van der Waals surface area contributed by atoms with Gasteiger partial charge < -0.3 is 9.55 Å². The monoisotopic (exact) mass is 320 g/mol. The number of aromatic amines is 1. The Kier molecular flexibility index (Phi) is 4.18. The first-order valence-electron chi connectivity index (χ1n) is 8.34. The van der Waals surface area contributed by atoms with E-state index >= 15 is 0 Å². The van der Waals surface area contributed by atoms with Gasteiger partial charge in [0.2, 0.25) is 0 Å². The summed E-state index contributed by atoms with van der Waals surface area (Å²) >= 11 is 0. The first-order valence-corrected chi connectivity index (χ1v) is 8.34. The molecule has 0 unspecified atom stereocenters. The van der Waals surface area contributed by atoms with Crippen molar-refractivity contribution in [3.63, 3.8) is 0 Å². The number of hydrogen-bond donors (Lipinski definition) is 1. The minimum absolute atomic E-state index is 0.0168. The second-order valence-electron chi connectivity index (χ2n) is 7.16. The third kappa shape index (κ3) is 2.94. The third-order valence-corrected chi connectivity index (χ3v) is 4.40. The quantitative estimate of drug-likeness (QED) is 0.687. The summed E-state index contributed by atoms with van der Waals surface area (Å²) in [5.41, 5.74) is 4.32. The van der Waals surface area contributed by atoms with E-state index in [1.165, 1.54) is 5.56 Å². The molecule has 1 aromatic carbocycles. The average molecular weight is 320 g/mol. The summed E-state index contributed by atoms with van der Waals surface area (Å²) in [6.07, 6.45) is 7.75. The largest absolute Gasteiger partial charge is 0.357 e. The van der Waals surface area contributed by atoms with Crippen LogP contribution in [0.5, 0.6) is 0 Å². The molecule has 0 aliphatic rings. The minimum Gasteiger partial charge on any atom is -0.357 e. The Balaban J connectivity index is 2.16. The molecule has 0 radical (unpaired) electrons. The Labute approximate surface area is 142 Å². The highest BCUT2D eigenvalue weighted by atomic mass is 16.1. The molecule has 2 heterocycles. The fraction of sp³-hybridized carbons (Fsp3) is 0.286. The van der Waals surface area contributed by atoms with E-state index in [0.717, 1.165) is 16.5 Å². The second-order valence-corrected chi connectivity index (χ2v) is 7.16. The van der Waals surface area contributed by atoms with Gasteiger partial charge in [0.1, 0.15) is 5.52 Å². The van der Waals surface area contributed by atoms with E-state index < -0.39 is 0 Å². The Morgan fingerprint density at radius 2 is 1.83 bits per heavy atom. The second kappa shape index (κ2) is 6.16. The van der Waals surface area contributed by atoms with Crippen molar-refractivity contribution >= 4 is 10.9 Å². The lowest BCUT2D eigenvalue weighted by Crippen LogP contribution is -2.19. The van der Waals surface area contributed by atoms with Gasteiger partial charge in [-0.3, -0.25) is 4.79 Å². The summed E-state index contributed by atoms with van der Waals surface area (Å²) in [6.45, 7) is 9.18. The number of nitrogens with zero attached hydrogens (tertiary/aromatic N) is 1. The van der Waals surface area contributed by atoms with Gasteiger partial charge in [-0.05, 0) is 29.5 Å². The van der Waals surface area contributed by atoms with Crippen molar-refractivity contribution in [2.45, 2.75) is 39.7 Å². The first kappa shape index (κ1) is 16.3.